The van der Waals surface area contributed by atoms with E-state index in [9.17, 15) is 4.79 Å². The summed E-state index contributed by atoms with van der Waals surface area (Å²) in [4.78, 5) is 20.9. The van der Waals surface area contributed by atoms with Crippen LogP contribution in [0.3, 0.4) is 0 Å². The molecular formula is C23H24ClN3OS. The van der Waals surface area contributed by atoms with Gasteiger partial charge in [0.1, 0.15) is 5.01 Å². The molecule has 0 aliphatic carbocycles. The Kier molecular flexibility index (Phi) is 6.16. The van der Waals surface area contributed by atoms with E-state index < -0.39 is 0 Å². The number of piperidine rings is 1. The van der Waals surface area contributed by atoms with Crippen molar-refractivity contribution in [3.63, 3.8) is 0 Å². The average Bonchev–Trinajstić information content (AvgIpc) is 3.13. The first-order valence-corrected chi connectivity index (χ1v) is 11.1. The molecule has 0 saturated carbocycles. The summed E-state index contributed by atoms with van der Waals surface area (Å²) < 4.78 is 0. The molecule has 0 radical (unpaired) electrons. The van der Waals surface area contributed by atoms with Crippen LogP contribution < -0.4 is 10.2 Å². The number of carbonyl (C=O) groups is 1. The zero-order valence-corrected chi connectivity index (χ0v) is 18.0. The number of aryl methyl sites for hydroxylation is 1. The molecule has 1 amide bonds. The number of hydrogen-bond donors (Lipinski definition) is 1. The van der Waals surface area contributed by atoms with Crippen molar-refractivity contribution in [3.05, 3.63) is 70.2 Å². The quantitative estimate of drug-likeness (QED) is 0.602. The number of carbonyl (C=O) groups excluding carboxylic acids is 1. The van der Waals surface area contributed by atoms with Crippen LogP contribution in [0.5, 0.6) is 0 Å². The van der Waals surface area contributed by atoms with E-state index in [-0.39, 0.29) is 11.8 Å². The molecule has 1 aromatic heterocycles. The summed E-state index contributed by atoms with van der Waals surface area (Å²) in [5, 5.41) is 4.81. The minimum atomic E-state index is 0.0212. The third-order valence-electron chi connectivity index (χ3n) is 5.32. The Morgan fingerprint density at radius 1 is 1.21 bits per heavy atom. The first-order valence-electron chi connectivity index (χ1n) is 9.90. The van der Waals surface area contributed by atoms with Gasteiger partial charge in [-0.25, -0.2) is 4.98 Å². The average molecular weight is 426 g/mol. The molecular weight excluding hydrogens is 402 g/mol. The van der Waals surface area contributed by atoms with Gasteiger partial charge in [-0.05, 0) is 44.0 Å². The van der Waals surface area contributed by atoms with E-state index in [1.807, 2.05) is 49.4 Å². The summed E-state index contributed by atoms with van der Waals surface area (Å²) in [6.45, 7) is 4.30. The predicted octanol–water partition coefficient (Wildman–Crippen LogP) is 5.30. The first kappa shape index (κ1) is 19.9. The Balaban J connectivity index is 1.37. The molecule has 4 rings (SSSR count). The van der Waals surface area contributed by atoms with E-state index in [2.05, 4.69) is 27.3 Å². The van der Waals surface area contributed by atoms with Gasteiger partial charge in [-0.15, -0.1) is 11.3 Å². The molecule has 1 fully saturated rings. The van der Waals surface area contributed by atoms with Crippen LogP contribution in [0.25, 0.3) is 10.6 Å². The molecule has 29 heavy (non-hydrogen) atoms. The standard InChI is InChI=1S/C23H24ClN3OS/c1-16-21(29-23(26-16)17-9-11-19(24)12-10-17)14-25-22(28)18-6-5-13-27(15-18)20-7-3-2-4-8-20/h2-4,7-12,18H,5-6,13-15H2,1H3,(H,25,28)/t18-/m0/s1. The Morgan fingerprint density at radius 2 is 1.97 bits per heavy atom. The first-order chi connectivity index (χ1) is 14.1. The molecule has 2 aromatic carbocycles. The molecule has 150 valence electrons. The highest BCUT2D eigenvalue weighted by Gasteiger charge is 2.26. The summed E-state index contributed by atoms with van der Waals surface area (Å²) in [5.74, 6) is 0.152. The summed E-state index contributed by atoms with van der Waals surface area (Å²) in [6.07, 6.45) is 1.97. The molecule has 1 aliphatic rings. The van der Waals surface area contributed by atoms with E-state index in [1.54, 1.807) is 11.3 Å². The number of anilines is 1. The maximum Gasteiger partial charge on any atom is 0.225 e. The van der Waals surface area contributed by atoms with E-state index in [0.29, 0.717) is 11.6 Å². The highest BCUT2D eigenvalue weighted by Crippen LogP contribution is 2.29. The number of amides is 1. The van der Waals surface area contributed by atoms with Crippen LogP contribution in [-0.2, 0) is 11.3 Å². The maximum absolute atomic E-state index is 12.8. The number of para-hydroxylation sites is 1. The topological polar surface area (TPSA) is 45.2 Å². The monoisotopic (exact) mass is 425 g/mol. The molecule has 2 heterocycles. The minimum Gasteiger partial charge on any atom is -0.371 e. The summed E-state index contributed by atoms with van der Waals surface area (Å²) in [7, 11) is 0. The van der Waals surface area contributed by atoms with Crippen LogP contribution in [0.4, 0.5) is 5.69 Å². The van der Waals surface area contributed by atoms with Crippen molar-refractivity contribution in [2.45, 2.75) is 26.3 Å². The lowest BCUT2D eigenvalue weighted by Crippen LogP contribution is -2.42. The van der Waals surface area contributed by atoms with Crippen molar-refractivity contribution < 1.29 is 4.79 Å². The zero-order chi connectivity index (χ0) is 20.2. The third-order valence-corrected chi connectivity index (χ3v) is 6.78. The van der Waals surface area contributed by atoms with Crippen LogP contribution in [0.1, 0.15) is 23.4 Å². The molecule has 1 saturated heterocycles. The highest BCUT2D eigenvalue weighted by atomic mass is 35.5. The van der Waals surface area contributed by atoms with Gasteiger partial charge in [0.05, 0.1) is 18.2 Å². The van der Waals surface area contributed by atoms with E-state index in [0.717, 1.165) is 47.1 Å². The van der Waals surface area contributed by atoms with Crippen LogP contribution in [-0.4, -0.2) is 24.0 Å². The van der Waals surface area contributed by atoms with Crippen molar-refractivity contribution in [2.75, 3.05) is 18.0 Å². The summed E-state index contributed by atoms with van der Waals surface area (Å²) in [6, 6.07) is 18.0. The third kappa shape index (κ3) is 4.80. The fourth-order valence-electron chi connectivity index (χ4n) is 3.68. The van der Waals surface area contributed by atoms with Crippen LogP contribution in [0.15, 0.2) is 54.6 Å². The van der Waals surface area contributed by atoms with E-state index >= 15 is 0 Å². The van der Waals surface area contributed by atoms with Crippen molar-refractivity contribution in [1.29, 1.82) is 0 Å². The highest BCUT2D eigenvalue weighted by molar-refractivity contribution is 7.15. The lowest BCUT2D eigenvalue weighted by molar-refractivity contribution is -0.125. The van der Waals surface area contributed by atoms with Gasteiger partial charge in [0.25, 0.3) is 0 Å². The van der Waals surface area contributed by atoms with Crippen molar-refractivity contribution in [3.8, 4) is 10.6 Å². The van der Waals surface area contributed by atoms with Gasteiger partial charge in [0.2, 0.25) is 5.91 Å². The van der Waals surface area contributed by atoms with Crippen LogP contribution >= 0.6 is 22.9 Å². The Labute approximate surface area is 180 Å². The molecule has 1 N–H and O–H groups in total. The number of thiazole rings is 1. The fraction of sp³-hybridized carbons (Fsp3) is 0.304. The molecule has 1 atom stereocenters. The second-order valence-corrected chi connectivity index (χ2v) is 8.89. The smallest absolute Gasteiger partial charge is 0.225 e. The number of nitrogens with zero attached hydrogens (tertiary/aromatic N) is 2. The summed E-state index contributed by atoms with van der Waals surface area (Å²) >= 11 is 7.60. The fourth-order valence-corrected chi connectivity index (χ4v) is 4.82. The largest absolute Gasteiger partial charge is 0.371 e. The molecule has 0 unspecified atom stereocenters. The number of nitrogens with one attached hydrogen (secondary N) is 1. The second kappa shape index (κ2) is 8.97. The van der Waals surface area contributed by atoms with Gasteiger partial charge < -0.3 is 10.2 Å². The Hall–Kier alpha value is -2.37. The van der Waals surface area contributed by atoms with E-state index in [1.165, 1.54) is 5.69 Å². The summed E-state index contributed by atoms with van der Waals surface area (Å²) in [5.41, 5.74) is 3.21. The maximum atomic E-state index is 12.8. The molecule has 4 nitrogen and oxygen atoms in total. The van der Waals surface area contributed by atoms with Gasteiger partial charge in [0, 0.05) is 34.2 Å². The lowest BCUT2D eigenvalue weighted by Gasteiger charge is -2.33. The van der Waals surface area contributed by atoms with Gasteiger partial charge in [-0.3, -0.25) is 4.79 Å². The number of aromatic nitrogens is 1. The second-order valence-electron chi connectivity index (χ2n) is 7.37. The number of rotatable bonds is 5. The van der Waals surface area contributed by atoms with Gasteiger partial charge in [-0.1, -0.05) is 41.9 Å². The Bertz CT molecular complexity index is 972. The van der Waals surface area contributed by atoms with Crippen molar-refractivity contribution in [1.82, 2.24) is 10.3 Å². The van der Waals surface area contributed by atoms with Crippen LogP contribution in [0, 0.1) is 12.8 Å². The van der Waals surface area contributed by atoms with Crippen molar-refractivity contribution >= 4 is 34.5 Å². The number of benzene rings is 2. The Morgan fingerprint density at radius 3 is 2.72 bits per heavy atom. The predicted molar refractivity (Wildman–Crippen MR) is 121 cm³/mol. The van der Waals surface area contributed by atoms with E-state index in [4.69, 9.17) is 11.6 Å². The van der Waals surface area contributed by atoms with Crippen molar-refractivity contribution in [2.24, 2.45) is 5.92 Å². The number of halogens is 1. The van der Waals surface area contributed by atoms with Gasteiger partial charge in [-0.2, -0.15) is 0 Å². The molecule has 6 heteroatoms. The lowest BCUT2D eigenvalue weighted by atomic mass is 9.96. The SMILES string of the molecule is Cc1nc(-c2ccc(Cl)cc2)sc1CNC(=O)[C@H]1CCCN(c2ccccc2)C1. The number of hydrogen-bond acceptors (Lipinski definition) is 4. The molecule has 0 spiro atoms. The van der Waals surface area contributed by atoms with Gasteiger partial charge in [0.15, 0.2) is 0 Å². The van der Waals surface area contributed by atoms with Gasteiger partial charge >= 0.3 is 0 Å². The molecule has 1 aliphatic heterocycles. The van der Waals surface area contributed by atoms with Crippen LogP contribution in [0.2, 0.25) is 5.02 Å². The molecule has 3 aromatic rings. The zero-order valence-electron chi connectivity index (χ0n) is 16.4. The minimum absolute atomic E-state index is 0.0212. The normalized spacial score (nSPS) is 16.6. The molecule has 0 bridgehead atoms.